The van der Waals surface area contributed by atoms with Gasteiger partial charge in [0.05, 0.1) is 30.2 Å². The summed E-state index contributed by atoms with van der Waals surface area (Å²) >= 11 is 2.78. The first-order valence-electron chi connectivity index (χ1n) is 13.2. The second-order valence-corrected chi connectivity index (χ2v) is 11.5. The van der Waals surface area contributed by atoms with Gasteiger partial charge >= 0.3 is 12.1 Å². The number of rotatable bonds is 9. The predicted octanol–water partition coefficient (Wildman–Crippen LogP) is 5.28. The highest BCUT2D eigenvalue weighted by molar-refractivity contribution is 8.17. The summed E-state index contributed by atoms with van der Waals surface area (Å²) in [5.41, 5.74) is 3.35. The molecule has 1 saturated carbocycles. The molecule has 0 aromatic carbocycles. The van der Waals surface area contributed by atoms with Crippen molar-refractivity contribution < 1.29 is 23.9 Å². The van der Waals surface area contributed by atoms with Gasteiger partial charge in [-0.15, -0.1) is 0 Å². The lowest BCUT2D eigenvalue weighted by molar-refractivity contribution is -0.149. The number of pyridine rings is 1. The zero-order chi connectivity index (χ0) is 28.6. The Morgan fingerprint density at radius 3 is 2.73 bits per heavy atom. The molecule has 1 aliphatic heterocycles. The van der Waals surface area contributed by atoms with Gasteiger partial charge in [-0.2, -0.15) is 11.3 Å². The number of esters is 1. The van der Waals surface area contributed by atoms with Gasteiger partial charge in [0.1, 0.15) is 0 Å². The van der Waals surface area contributed by atoms with Crippen LogP contribution in [0.25, 0.3) is 17.3 Å². The summed E-state index contributed by atoms with van der Waals surface area (Å²) < 4.78 is 10.1. The molecule has 0 bridgehead atoms. The van der Waals surface area contributed by atoms with Gasteiger partial charge in [-0.05, 0) is 73.2 Å². The summed E-state index contributed by atoms with van der Waals surface area (Å²) in [6, 6.07) is 9.65. The number of amides is 2. The normalized spacial score (nSPS) is 19.4. The van der Waals surface area contributed by atoms with Crippen molar-refractivity contribution in [3.63, 3.8) is 0 Å². The minimum absolute atomic E-state index is 0.0596. The van der Waals surface area contributed by atoms with Crippen molar-refractivity contribution in [2.45, 2.75) is 51.2 Å². The molecule has 2 amide bonds. The van der Waals surface area contributed by atoms with Gasteiger partial charge in [0, 0.05) is 41.1 Å². The smallest absolute Gasteiger partial charge is 0.413 e. The molecule has 0 radical (unpaired) electrons. The van der Waals surface area contributed by atoms with Gasteiger partial charge < -0.3 is 20.1 Å². The number of thioether (sulfide) groups is 1. The molecule has 3 aromatic heterocycles. The Bertz CT molecular complexity index is 1410. The first-order chi connectivity index (χ1) is 19.9. The van der Waals surface area contributed by atoms with E-state index < -0.39 is 18.9 Å². The molecular formula is C28H30N6O5S2. The molecular weight excluding hydrogens is 564 g/mol. The highest BCUT2D eigenvalue weighted by Gasteiger charge is 2.31. The molecule has 3 aromatic rings. The lowest BCUT2D eigenvalue weighted by Crippen LogP contribution is -2.44. The van der Waals surface area contributed by atoms with Gasteiger partial charge in [0.2, 0.25) is 12.7 Å². The van der Waals surface area contributed by atoms with Crippen LogP contribution in [0.2, 0.25) is 0 Å². The Kier molecular flexibility index (Phi) is 9.47. The third-order valence-electron chi connectivity index (χ3n) is 6.72. The lowest BCUT2D eigenvalue weighted by Gasteiger charge is -2.36. The molecule has 0 spiro atoms. The second kappa shape index (κ2) is 13.6. The monoisotopic (exact) mass is 594 g/mol. The van der Waals surface area contributed by atoms with Crippen LogP contribution in [0, 0.1) is 0 Å². The van der Waals surface area contributed by atoms with Crippen molar-refractivity contribution in [2.75, 3.05) is 18.7 Å². The number of carbonyl (C=O) groups is 3. The number of carbonyl (C=O) groups excluding carboxylic acids is 3. The Morgan fingerprint density at radius 1 is 1.15 bits per heavy atom. The SMILES string of the molecule is CC(=O)OCOC(=O)N(Cc1cccc(-c2ccsc2)n1)C1CCC(Nc2nccc(C=C3CNC(=O)S3)n2)CC1. The molecule has 1 aliphatic carbocycles. The van der Waals surface area contributed by atoms with E-state index in [-0.39, 0.29) is 23.9 Å². The second-order valence-electron chi connectivity index (χ2n) is 9.63. The summed E-state index contributed by atoms with van der Waals surface area (Å²) in [5, 5.41) is 10.2. The predicted molar refractivity (Wildman–Crippen MR) is 157 cm³/mol. The number of nitrogens with one attached hydrogen (secondary N) is 2. The molecule has 2 aliphatic rings. The third-order valence-corrected chi connectivity index (χ3v) is 8.26. The van der Waals surface area contributed by atoms with Crippen LogP contribution in [0.4, 0.5) is 15.5 Å². The lowest BCUT2D eigenvalue weighted by atomic mass is 9.90. The fourth-order valence-corrected chi connectivity index (χ4v) is 6.09. The van der Waals surface area contributed by atoms with E-state index in [9.17, 15) is 14.4 Å². The van der Waals surface area contributed by atoms with E-state index in [0.29, 0.717) is 12.5 Å². The highest BCUT2D eigenvalue weighted by atomic mass is 32.2. The largest absolute Gasteiger partial charge is 0.428 e. The summed E-state index contributed by atoms with van der Waals surface area (Å²) in [4.78, 5) is 52.1. The molecule has 2 fully saturated rings. The number of ether oxygens (including phenoxy) is 2. The summed E-state index contributed by atoms with van der Waals surface area (Å²) in [6.07, 6.45) is 6.09. The van der Waals surface area contributed by atoms with Gasteiger partial charge in [-0.1, -0.05) is 6.07 Å². The van der Waals surface area contributed by atoms with Crippen LogP contribution in [-0.4, -0.2) is 62.6 Å². The average molecular weight is 595 g/mol. The van der Waals surface area contributed by atoms with Gasteiger partial charge in [-0.25, -0.2) is 14.8 Å². The zero-order valence-corrected chi connectivity index (χ0v) is 24.1. The van der Waals surface area contributed by atoms with Crippen molar-refractivity contribution in [1.29, 1.82) is 0 Å². The van der Waals surface area contributed by atoms with Gasteiger partial charge in [-0.3, -0.25) is 19.5 Å². The minimum atomic E-state index is -0.549. The Labute approximate surface area is 245 Å². The van der Waals surface area contributed by atoms with Gasteiger partial charge in [0.25, 0.3) is 5.24 Å². The maximum Gasteiger partial charge on any atom is 0.413 e. The molecule has 2 N–H and O–H groups in total. The van der Waals surface area contributed by atoms with Crippen molar-refractivity contribution in [3.8, 4) is 11.3 Å². The number of nitrogens with zero attached hydrogens (tertiary/aromatic N) is 4. The van der Waals surface area contributed by atoms with Crippen LogP contribution in [0.15, 0.2) is 52.2 Å². The minimum Gasteiger partial charge on any atom is -0.428 e. The fourth-order valence-electron chi connectivity index (χ4n) is 4.73. The number of hydrogen-bond acceptors (Lipinski definition) is 11. The Morgan fingerprint density at radius 2 is 2.00 bits per heavy atom. The van der Waals surface area contributed by atoms with Crippen molar-refractivity contribution in [1.82, 2.24) is 25.2 Å². The van der Waals surface area contributed by atoms with E-state index in [1.54, 1.807) is 28.5 Å². The molecule has 0 unspecified atom stereocenters. The van der Waals surface area contributed by atoms with E-state index in [4.69, 9.17) is 14.5 Å². The topological polar surface area (TPSA) is 136 Å². The van der Waals surface area contributed by atoms with Crippen LogP contribution >= 0.6 is 23.1 Å². The summed E-state index contributed by atoms with van der Waals surface area (Å²) in [5.74, 6) is 0.00729. The molecule has 214 valence electrons. The van der Waals surface area contributed by atoms with Crippen LogP contribution < -0.4 is 10.6 Å². The molecule has 1 saturated heterocycles. The molecule has 41 heavy (non-hydrogen) atoms. The van der Waals surface area contributed by atoms with Crippen molar-refractivity contribution in [3.05, 3.63) is 63.6 Å². The van der Waals surface area contributed by atoms with Crippen molar-refractivity contribution in [2.24, 2.45) is 0 Å². The maximum atomic E-state index is 13.1. The van der Waals surface area contributed by atoms with Crippen LogP contribution in [0.5, 0.6) is 0 Å². The van der Waals surface area contributed by atoms with E-state index in [0.717, 1.165) is 53.2 Å². The van der Waals surface area contributed by atoms with Crippen LogP contribution in [0.1, 0.15) is 44.0 Å². The fraction of sp³-hybridized carbons (Fsp3) is 0.357. The van der Waals surface area contributed by atoms with E-state index in [1.165, 1.54) is 18.7 Å². The zero-order valence-electron chi connectivity index (χ0n) is 22.4. The summed E-state index contributed by atoms with van der Waals surface area (Å²) in [6.45, 7) is 1.61. The molecule has 5 rings (SSSR count). The Balaban J connectivity index is 1.23. The Hall–Kier alpha value is -3.97. The van der Waals surface area contributed by atoms with E-state index in [1.807, 2.05) is 41.1 Å². The maximum absolute atomic E-state index is 13.1. The number of aromatic nitrogens is 3. The van der Waals surface area contributed by atoms with Crippen LogP contribution in [-0.2, 0) is 20.8 Å². The number of anilines is 1. The first-order valence-corrected chi connectivity index (χ1v) is 15.0. The number of thiophene rings is 1. The average Bonchev–Trinajstić information content (AvgIpc) is 3.65. The molecule has 11 nitrogen and oxygen atoms in total. The van der Waals surface area contributed by atoms with E-state index in [2.05, 4.69) is 20.6 Å². The number of hydrogen-bond donors (Lipinski definition) is 2. The third kappa shape index (κ3) is 8.04. The summed E-state index contributed by atoms with van der Waals surface area (Å²) in [7, 11) is 0. The quantitative estimate of drug-likeness (QED) is 0.249. The van der Waals surface area contributed by atoms with E-state index >= 15 is 0 Å². The van der Waals surface area contributed by atoms with Crippen LogP contribution in [0.3, 0.4) is 0 Å². The molecule has 0 atom stereocenters. The highest BCUT2D eigenvalue weighted by Crippen LogP contribution is 2.28. The van der Waals surface area contributed by atoms with Crippen molar-refractivity contribution >= 4 is 52.4 Å². The molecule has 4 heterocycles. The standard InChI is InChI=1S/C28H30N6O5S2/c1-18(35)38-17-39-28(37)34(15-22-3-2-4-25(31-22)19-10-12-40-16-19)23-7-5-20(6-8-23)32-26-29-11-9-21(33-26)13-24-14-30-27(36)41-24/h2-4,9-13,16,20,23H,5-8,14-15,17H2,1H3,(H,30,36)(H,29,32,33). The first kappa shape index (κ1) is 28.6. The molecule has 13 heteroatoms. The van der Waals surface area contributed by atoms with Gasteiger partial charge in [0.15, 0.2) is 0 Å².